The highest BCUT2D eigenvalue weighted by Crippen LogP contribution is 2.23. The number of carbonyl (C=O) groups is 1. The van der Waals surface area contributed by atoms with Crippen LogP contribution in [0.3, 0.4) is 0 Å². The van der Waals surface area contributed by atoms with Gasteiger partial charge in [-0.1, -0.05) is 30.3 Å². The van der Waals surface area contributed by atoms with Gasteiger partial charge in [0.05, 0.1) is 12.1 Å². The van der Waals surface area contributed by atoms with E-state index in [1.165, 1.54) is 11.0 Å². The standard InChI is InChI=1S/C15H22N2O2.C6H5N/c1-12(18)16(2)15(13-6-4-3-5-7-13)11-17-9-8-14(19)10-17;1-2-6-4-3-5(1)7-6/h3-7,14-15,19H,8-11H2,1-2H3;1-4,7H. The number of nitrogens with zero attached hydrogens (tertiary/aromatic N) is 2. The molecule has 3 heterocycles. The monoisotopic (exact) mass is 353 g/mol. The number of benzene rings is 2. The third kappa shape index (κ3) is 4.62. The Morgan fingerprint density at radius 3 is 2.23 bits per heavy atom. The summed E-state index contributed by atoms with van der Waals surface area (Å²) in [5.41, 5.74) is 3.58. The maximum Gasteiger partial charge on any atom is 0.219 e. The van der Waals surface area contributed by atoms with E-state index in [1.807, 2.05) is 25.2 Å². The number of aromatic amines is 1. The molecule has 4 rings (SSSR count). The summed E-state index contributed by atoms with van der Waals surface area (Å²) in [5, 5.41) is 9.61. The summed E-state index contributed by atoms with van der Waals surface area (Å²) in [6.07, 6.45) is 0.602. The molecule has 138 valence electrons. The van der Waals surface area contributed by atoms with E-state index in [4.69, 9.17) is 0 Å². The molecule has 2 N–H and O–H groups in total. The number of β-amino-alcohol motifs (C(OH)–C–C–N with tert-alkyl or cyclic N) is 1. The minimum Gasteiger partial charge on any atom is -0.392 e. The van der Waals surface area contributed by atoms with Gasteiger partial charge < -0.3 is 15.0 Å². The number of fused-ring (bicyclic) bond motifs is 2. The fourth-order valence-corrected chi connectivity index (χ4v) is 3.37. The fourth-order valence-electron chi connectivity index (χ4n) is 3.37. The first-order chi connectivity index (χ1) is 12.5. The molecule has 0 aliphatic carbocycles. The van der Waals surface area contributed by atoms with Crippen LogP contribution in [0.4, 0.5) is 0 Å². The van der Waals surface area contributed by atoms with E-state index in [2.05, 4.69) is 46.3 Å². The van der Waals surface area contributed by atoms with E-state index in [0.717, 1.165) is 25.1 Å². The summed E-state index contributed by atoms with van der Waals surface area (Å²) >= 11 is 0. The van der Waals surface area contributed by atoms with Crippen molar-refractivity contribution in [3.8, 4) is 0 Å². The van der Waals surface area contributed by atoms with E-state index < -0.39 is 0 Å². The molecule has 1 aromatic carbocycles. The molecule has 1 aliphatic heterocycles. The summed E-state index contributed by atoms with van der Waals surface area (Å²) in [4.78, 5) is 18.8. The van der Waals surface area contributed by atoms with E-state index in [0.29, 0.717) is 6.54 Å². The normalized spacial score (nSPS) is 18.5. The Labute approximate surface area is 154 Å². The predicted octanol–water partition coefficient (Wildman–Crippen LogP) is 2.88. The van der Waals surface area contributed by atoms with Crippen molar-refractivity contribution < 1.29 is 9.90 Å². The Kier molecular flexibility index (Phi) is 5.91. The number of aliphatic hydroxyl groups is 1. The lowest BCUT2D eigenvalue weighted by Crippen LogP contribution is -2.38. The molecule has 2 atom stereocenters. The Bertz CT molecular complexity index is 756. The Balaban J connectivity index is 0.000000229. The molecule has 26 heavy (non-hydrogen) atoms. The average molecular weight is 353 g/mol. The number of likely N-dealkylation sites (tertiary alicyclic amines) is 1. The maximum atomic E-state index is 11.7. The lowest BCUT2D eigenvalue weighted by atomic mass is 10.1. The first-order valence-corrected chi connectivity index (χ1v) is 9.09. The largest absolute Gasteiger partial charge is 0.392 e. The van der Waals surface area contributed by atoms with Crippen molar-refractivity contribution in [3.63, 3.8) is 0 Å². The lowest BCUT2D eigenvalue weighted by molar-refractivity contribution is -0.130. The molecule has 1 aliphatic rings. The van der Waals surface area contributed by atoms with Gasteiger partial charge >= 0.3 is 0 Å². The van der Waals surface area contributed by atoms with Gasteiger partial charge in [-0.25, -0.2) is 0 Å². The van der Waals surface area contributed by atoms with Crippen molar-refractivity contribution in [1.29, 1.82) is 0 Å². The van der Waals surface area contributed by atoms with Crippen LogP contribution in [0.5, 0.6) is 0 Å². The maximum absolute atomic E-state index is 11.7. The van der Waals surface area contributed by atoms with Gasteiger partial charge in [0.15, 0.2) is 0 Å². The number of nitrogens with one attached hydrogen (secondary N) is 1. The van der Waals surface area contributed by atoms with Gasteiger partial charge in [-0.3, -0.25) is 9.69 Å². The third-order valence-electron chi connectivity index (χ3n) is 5.00. The molecule has 1 amide bonds. The highest BCUT2D eigenvalue weighted by molar-refractivity contribution is 5.73. The number of rotatable bonds is 4. The van der Waals surface area contributed by atoms with Gasteiger partial charge in [0.2, 0.25) is 5.91 Å². The second-order valence-electron chi connectivity index (χ2n) is 6.96. The summed E-state index contributed by atoms with van der Waals surface area (Å²) in [7, 11) is 1.84. The highest BCUT2D eigenvalue weighted by Gasteiger charge is 2.26. The summed E-state index contributed by atoms with van der Waals surface area (Å²) in [6, 6.07) is 18.4. The molecule has 0 radical (unpaired) electrons. The van der Waals surface area contributed by atoms with Crippen LogP contribution in [0.1, 0.15) is 24.9 Å². The SMILES string of the molecule is CC(=O)N(C)C(CN1CCC(O)C1)c1ccccc1.c1cc2ccc1[nH]2. The zero-order valence-corrected chi connectivity index (χ0v) is 15.4. The molecular weight excluding hydrogens is 326 g/mol. The lowest BCUT2D eigenvalue weighted by Gasteiger charge is -2.31. The quantitative estimate of drug-likeness (QED) is 0.758. The second-order valence-corrected chi connectivity index (χ2v) is 6.96. The summed E-state index contributed by atoms with van der Waals surface area (Å²) in [5.74, 6) is 0.0635. The fraction of sp³-hybridized carbons (Fsp3) is 0.381. The van der Waals surface area contributed by atoms with Crippen molar-refractivity contribution in [2.75, 3.05) is 26.7 Å². The molecule has 2 bridgehead atoms. The van der Waals surface area contributed by atoms with Gasteiger partial charge in [0, 0.05) is 44.6 Å². The first-order valence-electron chi connectivity index (χ1n) is 9.09. The van der Waals surface area contributed by atoms with Crippen LogP contribution in [0.25, 0.3) is 11.0 Å². The van der Waals surface area contributed by atoms with E-state index in [9.17, 15) is 9.90 Å². The third-order valence-corrected chi connectivity index (χ3v) is 5.00. The van der Waals surface area contributed by atoms with Crippen molar-refractivity contribution in [2.45, 2.75) is 25.5 Å². The number of aliphatic hydroxyl groups excluding tert-OH is 1. The zero-order valence-electron chi connectivity index (χ0n) is 15.4. The number of hydrogen-bond donors (Lipinski definition) is 2. The van der Waals surface area contributed by atoms with Crippen LogP contribution in [-0.2, 0) is 4.79 Å². The van der Waals surface area contributed by atoms with E-state index in [1.54, 1.807) is 11.8 Å². The van der Waals surface area contributed by atoms with Gasteiger partial charge in [-0.05, 0) is 36.2 Å². The molecule has 2 unspecified atom stereocenters. The topological polar surface area (TPSA) is 59.6 Å². The summed E-state index contributed by atoms with van der Waals surface area (Å²) < 4.78 is 0. The molecular formula is C21H27N3O2. The predicted molar refractivity (Wildman–Crippen MR) is 104 cm³/mol. The minimum atomic E-state index is -0.223. The van der Waals surface area contributed by atoms with Gasteiger partial charge in [0.25, 0.3) is 0 Å². The van der Waals surface area contributed by atoms with Crippen LogP contribution in [0, 0.1) is 0 Å². The van der Waals surface area contributed by atoms with Crippen molar-refractivity contribution in [2.24, 2.45) is 0 Å². The molecule has 2 aromatic heterocycles. The molecule has 1 fully saturated rings. The molecule has 0 spiro atoms. The van der Waals surface area contributed by atoms with Gasteiger partial charge in [0.1, 0.15) is 0 Å². The Morgan fingerprint density at radius 2 is 1.81 bits per heavy atom. The molecule has 5 nitrogen and oxygen atoms in total. The van der Waals surface area contributed by atoms with Crippen LogP contribution in [0.2, 0.25) is 0 Å². The van der Waals surface area contributed by atoms with Gasteiger partial charge in [-0.2, -0.15) is 0 Å². The van der Waals surface area contributed by atoms with E-state index in [-0.39, 0.29) is 18.1 Å². The number of H-pyrrole nitrogens is 1. The average Bonchev–Trinajstić information content (AvgIpc) is 3.39. The smallest absolute Gasteiger partial charge is 0.219 e. The van der Waals surface area contributed by atoms with Crippen molar-refractivity contribution in [1.82, 2.24) is 14.8 Å². The van der Waals surface area contributed by atoms with Crippen LogP contribution in [-0.4, -0.2) is 58.6 Å². The second kappa shape index (κ2) is 8.34. The number of amides is 1. The first kappa shape index (κ1) is 18.4. The van der Waals surface area contributed by atoms with Crippen molar-refractivity contribution in [3.05, 3.63) is 60.2 Å². The molecule has 1 saturated heterocycles. The van der Waals surface area contributed by atoms with Crippen LogP contribution >= 0.6 is 0 Å². The van der Waals surface area contributed by atoms with Crippen LogP contribution < -0.4 is 0 Å². The summed E-state index contributed by atoms with van der Waals surface area (Å²) in [6.45, 7) is 3.97. The highest BCUT2D eigenvalue weighted by atomic mass is 16.3. The van der Waals surface area contributed by atoms with Crippen LogP contribution in [0.15, 0.2) is 54.6 Å². The molecule has 3 aromatic rings. The van der Waals surface area contributed by atoms with E-state index >= 15 is 0 Å². The number of hydrogen-bond acceptors (Lipinski definition) is 3. The number of carbonyl (C=O) groups excluding carboxylic acids is 1. The Morgan fingerprint density at radius 1 is 1.19 bits per heavy atom. The number of likely N-dealkylation sites (N-methyl/N-ethyl adjacent to an activating group) is 1. The minimum absolute atomic E-state index is 0.0454. The molecule has 0 saturated carbocycles. The van der Waals surface area contributed by atoms with Crippen molar-refractivity contribution >= 4 is 16.9 Å². The Hall–Kier alpha value is -2.37. The molecule has 5 heteroatoms. The van der Waals surface area contributed by atoms with Gasteiger partial charge in [-0.15, -0.1) is 0 Å². The zero-order chi connectivity index (χ0) is 18.5. The number of aromatic nitrogens is 1.